The van der Waals surface area contributed by atoms with Crippen LogP contribution in [0.1, 0.15) is 41.8 Å². The van der Waals surface area contributed by atoms with Crippen molar-refractivity contribution >= 4 is 31.0 Å². The Balaban J connectivity index is 2.20. The van der Waals surface area contributed by atoms with Gasteiger partial charge in [0.15, 0.2) is 5.78 Å². The smallest absolute Gasteiger partial charge is 0.308 e. The second-order valence-electron chi connectivity index (χ2n) is 8.31. The molecule has 0 radical (unpaired) electrons. The van der Waals surface area contributed by atoms with Gasteiger partial charge >= 0.3 is 11.9 Å². The molecule has 1 aliphatic rings. The second kappa shape index (κ2) is 7.95. The number of esters is 2. The zero-order chi connectivity index (χ0) is 21.3. The summed E-state index contributed by atoms with van der Waals surface area (Å²) in [6.07, 6.45) is 1.15. The summed E-state index contributed by atoms with van der Waals surface area (Å²) in [6, 6.07) is 9.38. The number of hydrogen-bond acceptors (Lipinski definition) is 5. The van der Waals surface area contributed by atoms with Crippen molar-refractivity contribution in [3.8, 4) is 16.9 Å². The van der Waals surface area contributed by atoms with Gasteiger partial charge < -0.3 is 9.47 Å². The molecule has 0 fully saturated rings. The molecule has 0 saturated heterocycles. The van der Waals surface area contributed by atoms with Crippen LogP contribution in [0.2, 0.25) is 19.6 Å². The number of fused-ring (bicyclic) bond motifs is 3. The van der Waals surface area contributed by atoms with Gasteiger partial charge in [-0.05, 0) is 40.8 Å². The maximum absolute atomic E-state index is 13.3. The van der Waals surface area contributed by atoms with Gasteiger partial charge in [0.1, 0.15) is 5.75 Å². The van der Waals surface area contributed by atoms with Gasteiger partial charge in [-0.25, -0.2) is 0 Å². The molecule has 0 aliphatic heterocycles. The number of carbonyl (C=O) groups excluding carboxylic acids is 3. The highest BCUT2D eigenvalue weighted by Gasteiger charge is 2.36. The average molecular weight is 411 g/mol. The van der Waals surface area contributed by atoms with E-state index in [1.54, 1.807) is 0 Å². The Morgan fingerprint density at radius 3 is 2.21 bits per heavy atom. The third kappa shape index (κ3) is 4.17. The van der Waals surface area contributed by atoms with Gasteiger partial charge in [-0.3, -0.25) is 14.4 Å². The summed E-state index contributed by atoms with van der Waals surface area (Å²) in [4.78, 5) is 36.2. The van der Waals surface area contributed by atoms with Crippen LogP contribution in [-0.4, -0.2) is 32.4 Å². The van der Waals surface area contributed by atoms with Gasteiger partial charge in [0.05, 0.1) is 14.7 Å². The highest BCUT2D eigenvalue weighted by molar-refractivity contribution is 6.90. The SMILES string of the molecule is CC(=O)OCCCc1c(OC(C)=O)cc2c(c1[Si](C)(C)C)C(=O)c1ccccc1-2. The van der Waals surface area contributed by atoms with Crippen molar-refractivity contribution in [3.63, 3.8) is 0 Å². The van der Waals surface area contributed by atoms with E-state index in [9.17, 15) is 14.4 Å². The maximum atomic E-state index is 13.3. The van der Waals surface area contributed by atoms with Gasteiger partial charge in [-0.2, -0.15) is 0 Å². The van der Waals surface area contributed by atoms with E-state index < -0.39 is 14.0 Å². The topological polar surface area (TPSA) is 69.7 Å². The minimum absolute atomic E-state index is 0.0311. The zero-order valence-corrected chi connectivity index (χ0v) is 18.5. The molecule has 0 N–H and O–H groups in total. The predicted octanol–water partition coefficient (Wildman–Crippen LogP) is 3.86. The molecule has 0 heterocycles. The number of hydrogen-bond donors (Lipinski definition) is 0. The first-order chi connectivity index (χ1) is 13.6. The van der Waals surface area contributed by atoms with Crippen LogP contribution in [0.25, 0.3) is 11.1 Å². The van der Waals surface area contributed by atoms with E-state index in [0.29, 0.717) is 24.2 Å². The molecule has 6 heteroatoms. The van der Waals surface area contributed by atoms with Crippen molar-refractivity contribution < 1.29 is 23.9 Å². The fraction of sp³-hybridized carbons (Fsp3) is 0.348. The lowest BCUT2D eigenvalue weighted by Crippen LogP contribution is -2.44. The summed E-state index contributed by atoms with van der Waals surface area (Å²) in [5.41, 5.74) is 4.03. The van der Waals surface area contributed by atoms with Crippen molar-refractivity contribution in [3.05, 3.63) is 47.0 Å². The monoisotopic (exact) mass is 410 g/mol. The lowest BCUT2D eigenvalue weighted by molar-refractivity contribution is -0.141. The number of ether oxygens (including phenoxy) is 2. The Labute approximate surface area is 172 Å². The van der Waals surface area contributed by atoms with Crippen LogP contribution in [0.3, 0.4) is 0 Å². The minimum atomic E-state index is -2.00. The number of benzene rings is 2. The third-order valence-electron chi connectivity index (χ3n) is 4.96. The van der Waals surface area contributed by atoms with E-state index in [-0.39, 0.29) is 18.4 Å². The molecule has 0 unspecified atom stereocenters. The first kappa shape index (κ1) is 21.0. The second-order valence-corrected chi connectivity index (χ2v) is 13.3. The van der Waals surface area contributed by atoms with Crippen LogP contribution >= 0.6 is 0 Å². The van der Waals surface area contributed by atoms with Gasteiger partial charge in [-0.1, -0.05) is 43.9 Å². The molecule has 0 aromatic heterocycles. The molecule has 0 saturated carbocycles. The fourth-order valence-electron chi connectivity index (χ4n) is 3.98. The summed E-state index contributed by atoms with van der Waals surface area (Å²) in [6.45, 7) is 9.60. The first-order valence-electron chi connectivity index (χ1n) is 9.77. The molecule has 152 valence electrons. The number of carbonyl (C=O) groups is 3. The molecule has 3 rings (SSSR count). The van der Waals surface area contributed by atoms with Crippen molar-refractivity contribution in [2.45, 2.75) is 46.3 Å². The average Bonchev–Trinajstić information content (AvgIpc) is 2.89. The lowest BCUT2D eigenvalue weighted by Gasteiger charge is -2.26. The van der Waals surface area contributed by atoms with E-state index in [1.165, 1.54) is 13.8 Å². The maximum Gasteiger partial charge on any atom is 0.308 e. The molecular weight excluding hydrogens is 384 g/mol. The normalized spacial score (nSPS) is 12.4. The lowest BCUT2D eigenvalue weighted by atomic mass is 9.99. The summed E-state index contributed by atoms with van der Waals surface area (Å²) < 4.78 is 10.7. The molecule has 2 aromatic rings. The van der Waals surface area contributed by atoms with Gasteiger partial charge in [-0.15, -0.1) is 0 Å². The predicted molar refractivity (Wildman–Crippen MR) is 115 cm³/mol. The highest BCUT2D eigenvalue weighted by atomic mass is 28.3. The van der Waals surface area contributed by atoms with Crippen LogP contribution in [0.4, 0.5) is 0 Å². The summed E-state index contributed by atoms with van der Waals surface area (Å²) >= 11 is 0. The molecule has 0 atom stereocenters. The summed E-state index contributed by atoms with van der Waals surface area (Å²) in [5.74, 6) is -0.190. The Bertz CT molecular complexity index is 1000. The Kier molecular flexibility index (Phi) is 5.75. The van der Waals surface area contributed by atoms with E-state index in [1.807, 2.05) is 30.3 Å². The highest BCUT2D eigenvalue weighted by Crippen LogP contribution is 2.40. The summed E-state index contributed by atoms with van der Waals surface area (Å²) in [5, 5.41) is 1.02. The van der Waals surface area contributed by atoms with Crippen molar-refractivity contribution in [2.24, 2.45) is 0 Å². The van der Waals surface area contributed by atoms with Gasteiger partial charge in [0.2, 0.25) is 0 Å². The van der Waals surface area contributed by atoms with E-state index >= 15 is 0 Å². The molecule has 0 bridgehead atoms. The Hall–Kier alpha value is -2.73. The van der Waals surface area contributed by atoms with Crippen LogP contribution < -0.4 is 9.92 Å². The standard InChI is InChI=1S/C23H26O5Si/c1-14(24)27-12-8-11-18-20(28-15(2)25)13-19-16-9-6-7-10-17(16)22(26)21(19)23(18)29(3,4)5/h6-7,9-10,13H,8,11-12H2,1-5H3. The molecule has 29 heavy (non-hydrogen) atoms. The van der Waals surface area contributed by atoms with Crippen molar-refractivity contribution in [1.82, 2.24) is 0 Å². The Morgan fingerprint density at radius 2 is 1.62 bits per heavy atom. The van der Waals surface area contributed by atoms with E-state index in [4.69, 9.17) is 9.47 Å². The summed E-state index contributed by atoms with van der Waals surface area (Å²) in [7, 11) is -2.00. The molecule has 1 aliphatic carbocycles. The molecule has 2 aromatic carbocycles. The molecule has 0 spiro atoms. The van der Waals surface area contributed by atoms with Crippen LogP contribution in [-0.2, 0) is 20.7 Å². The first-order valence-corrected chi connectivity index (χ1v) is 13.3. The number of ketones is 1. The minimum Gasteiger partial charge on any atom is -0.466 e. The van der Waals surface area contributed by atoms with E-state index in [0.717, 1.165) is 27.4 Å². The molecule has 5 nitrogen and oxygen atoms in total. The largest absolute Gasteiger partial charge is 0.466 e. The van der Waals surface area contributed by atoms with Crippen LogP contribution in [0, 0.1) is 0 Å². The van der Waals surface area contributed by atoms with Crippen LogP contribution in [0.15, 0.2) is 30.3 Å². The number of rotatable bonds is 6. The third-order valence-corrected chi connectivity index (χ3v) is 7.01. The van der Waals surface area contributed by atoms with Crippen LogP contribution in [0.5, 0.6) is 5.75 Å². The quantitative estimate of drug-likeness (QED) is 0.267. The van der Waals surface area contributed by atoms with Gasteiger partial charge in [0.25, 0.3) is 0 Å². The van der Waals surface area contributed by atoms with Crippen molar-refractivity contribution in [2.75, 3.05) is 6.61 Å². The zero-order valence-electron chi connectivity index (χ0n) is 17.5. The fourth-order valence-corrected chi connectivity index (χ4v) is 6.14. The van der Waals surface area contributed by atoms with E-state index in [2.05, 4.69) is 19.6 Å². The van der Waals surface area contributed by atoms with Crippen molar-refractivity contribution in [1.29, 1.82) is 0 Å². The van der Waals surface area contributed by atoms with Gasteiger partial charge in [0, 0.05) is 25.0 Å². The molecular formula is C23H26O5Si. The Morgan fingerprint density at radius 1 is 0.966 bits per heavy atom. The molecule has 0 amide bonds.